The lowest BCUT2D eigenvalue weighted by Gasteiger charge is -2.44. The maximum absolute atomic E-state index is 15.5. The number of piperazine rings is 1. The molecule has 2 aliphatic rings. The van der Waals surface area contributed by atoms with E-state index < -0.39 is 5.69 Å². The quantitative estimate of drug-likeness (QED) is 0.247. The van der Waals surface area contributed by atoms with Crippen LogP contribution in [0.1, 0.15) is 74.8 Å². The standard InChI is InChI=1S/C35H39FN6O2/c1-8-29(43)40-17-23(7)41(18-22(40)6)33-27-16-25(24-10-11-24)31(26-15-20(4)9-12-28(26)36)38-34(27)42(35(44)39-33)32-21(5)13-14-37-30(32)19(2)3/h8-9,12-16,19,22-24H,1,10-11,17-18H2,2-7H3/t22-,23+/m1/s1. The van der Waals surface area contributed by atoms with Gasteiger partial charge >= 0.3 is 5.69 Å². The van der Waals surface area contributed by atoms with E-state index in [2.05, 4.69) is 22.5 Å². The summed E-state index contributed by atoms with van der Waals surface area (Å²) in [7, 11) is 0. The molecule has 0 N–H and O–H groups in total. The van der Waals surface area contributed by atoms with E-state index in [0.29, 0.717) is 41.5 Å². The van der Waals surface area contributed by atoms with Crippen molar-refractivity contribution < 1.29 is 9.18 Å². The molecule has 2 atom stereocenters. The summed E-state index contributed by atoms with van der Waals surface area (Å²) in [6, 6.07) is 8.77. The van der Waals surface area contributed by atoms with Gasteiger partial charge in [-0.3, -0.25) is 9.78 Å². The van der Waals surface area contributed by atoms with Crippen LogP contribution in [-0.4, -0.2) is 55.5 Å². The average Bonchev–Trinajstić information content (AvgIpc) is 3.84. The number of amides is 1. The molecule has 0 spiro atoms. The molecule has 4 heterocycles. The van der Waals surface area contributed by atoms with Crippen LogP contribution in [0.3, 0.4) is 0 Å². The Kier molecular flexibility index (Phi) is 7.59. The first-order valence-electron chi connectivity index (χ1n) is 15.4. The zero-order chi connectivity index (χ0) is 31.4. The Morgan fingerprint density at radius 2 is 1.82 bits per heavy atom. The second kappa shape index (κ2) is 11.3. The molecule has 1 aliphatic carbocycles. The predicted molar refractivity (Wildman–Crippen MR) is 172 cm³/mol. The molecule has 3 aromatic heterocycles. The number of aromatic nitrogens is 4. The number of nitrogens with zero attached hydrogens (tertiary/aromatic N) is 6. The van der Waals surface area contributed by atoms with Gasteiger partial charge in [-0.25, -0.2) is 18.7 Å². The van der Waals surface area contributed by atoms with Crippen molar-refractivity contribution in [1.29, 1.82) is 0 Å². The molecule has 1 amide bonds. The van der Waals surface area contributed by atoms with E-state index in [-0.39, 0.29) is 35.6 Å². The Hall–Kier alpha value is -4.40. The number of anilines is 1. The molecule has 228 valence electrons. The van der Waals surface area contributed by atoms with Gasteiger partial charge in [0.15, 0.2) is 5.65 Å². The van der Waals surface area contributed by atoms with Gasteiger partial charge in [0.05, 0.1) is 22.5 Å². The third-order valence-corrected chi connectivity index (χ3v) is 8.91. The lowest BCUT2D eigenvalue weighted by molar-refractivity contribution is -0.128. The van der Waals surface area contributed by atoms with Crippen molar-refractivity contribution in [3.63, 3.8) is 0 Å². The highest BCUT2D eigenvalue weighted by Crippen LogP contribution is 2.46. The Morgan fingerprint density at radius 1 is 1.07 bits per heavy atom. The van der Waals surface area contributed by atoms with Crippen LogP contribution in [0.15, 0.2) is 54.0 Å². The zero-order valence-corrected chi connectivity index (χ0v) is 26.3. The molecule has 8 nitrogen and oxygen atoms in total. The molecule has 0 unspecified atom stereocenters. The lowest BCUT2D eigenvalue weighted by atomic mass is 9.98. The normalized spacial score (nSPS) is 18.7. The first-order chi connectivity index (χ1) is 21.0. The van der Waals surface area contributed by atoms with Crippen molar-refractivity contribution in [3.8, 4) is 16.9 Å². The number of carbonyl (C=O) groups is 1. The van der Waals surface area contributed by atoms with Gasteiger partial charge in [0, 0.05) is 36.9 Å². The van der Waals surface area contributed by atoms with Gasteiger partial charge in [0.25, 0.3) is 0 Å². The third kappa shape index (κ3) is 5.08. The molecule has 1 saturated heterocycles. The van der Waals surface area contributed by atoms with E-state index in [0.717, 1.165) is 40.6 Å². The van der Waals surface area contributed by atoms with E-state index >= 15 is 4.39 Å². The van der Waals surface area contributed by atoms with E-state index in [4.69, 9.17) is 9.97 Å². The summed E-state index contributed by atoms with van der Waals surface area (Å²) in [5.41, 5.74) is 5.11. The van der Waals surface area contributed by atoms with E-state index in [1.54, 1.807) is 21.7 Å². The number of fused-ring (bicyclic) bond motifs is 1. The molecular formula is C35H39FN6O2. The molecule has 1 aromatic carbocycles. The fourth-order valence-corrected chi connectivity index (χ4v) is 6.44. The fraction of sp³-hybridized carbons (Fsp3) is 0.400. The smallest absolute Gasteiger partial charge is 0.349 e. The summed E-state index contributed by atoms with van der Waals surface area (Å²) in [4.78, 5) is 45.3. The molecular weight excluding hydrogens is 555 g/mol. The van der Waals surface area contributed by atoms with E-state index in [1.165, 1.54) is 12.1 Å². The number of halogens is 1. The molecule has 6 rings (SSSR count). The summed E-state index contributed by atoms with van der Waals surface area (Å²) >= 11 is 0. The zero-order valence-electron chi connectivity index (χ0n) is 26.3. The third-order valence-electron chi connectivity index (χ3n) is 8.91. The fourth-order valence-electron chi connectivity index (χ4n) is 6.44. The molecule has 9 heteroatoms. The highest BCUT2D eigenvalue weighted by atomic mass is 19.1. The second-order valence-corrected chi connectivity index (χ2v) is 12.7. The van der Waals surface area contributed by atoms with Gasteiger partial charge in [0.1, 0.15) is 11.6 Å². The first kappa shape index (κ1) is 29.7. The summed E-state index contributed by atoms with van der Waals surface area (Å²) in [5, 5.41) is 0.726. The Balaban J connectivity index is 1.68. The largest absolute Gasteiger partial charge is 0.355 e. The number of hydrogen-bond acceptors (Lipinski definition) is 6. The van der Waals surface area contributed by atoms with Crippen molar-refractivity contribution in [1.82, 2.24) is 24.4 Å². The molecule has 0 radical (unpaired) electrons. The van der Waals surface area contributed by atoms with Gasteiger partial charge < -0.3 is 9.80 Å². The van der Waals surface area contributed by atoms with Crippen molar-refractivity contribution >= 4 is 22.8 Å². The second-order valence-electron chi connectivity index (χ2n) is 12.7. The summed E-state index contributed by atoms with van der Waals surface area (Å²) in [6.45, 7) is 16.6. The van der Waals surface area contributed by atoms with Crippen LogP contribution in [0.4, 0.5) is 10.2 Å². The van der Waals surface area contributed by atoms with Crippen LogP contribution in [0.25, 0.3) is 28.0 Å². The van der Waals surface area contributed by atoms with Crippen LogP contribution in [0.2, 0.25) is 0 Å². The number of hydrogen-bond donors (Lipinski definition) is 0. The monoisotopic (exact) mass is 594 g/mol. The van der Waals surface area contributed by atoms with Crippen molar-refractivity contribution in [2.75, 3.05) is 18.0 Å². The highest BCUT2D eigenvalue weighted by molar-refractivity contribution is 5.92. The van der Waals surface area contributed by atoms with Gasteiger partial charge in [0.2, 0.25) is 5.91 Å². The van der Waals surface area contributed by atoms with E-state index in [1.807, 2.05) is 53.7 Å². The number of benzene rings is 1. The van der Waals surface area contributed by atoms with Crippen molar-refractivity contribution in [2.24, 2.45) is 0 Å². The first-order valence-corrected chi connectivity index (χ1v) is 15.4. The number of aryl methyl sites for hydroxylation is 2. The SMILES string of the molecule is C=CC(=O)N1C[C@H](C)N(c2nc(=O)n(-c3c(C)ccnc3C(C)C)c3nc(-c4cc(C)ccc4F)c(C4CC4)cc23)C[C@H]1C. The van der Waals surface area contributed by atoms with Gasteiger partial charge in [-0.1, -0.05) is 32.1 Å². The average molecular weight is 595 g/mol. The molecule has 44 heavy (non-hydrogen) atoms. The van der Waals surface area contributed by atoms with Crippen LogP contribution in [-0.2, 0) is 4.79 Å². The Labute approximate surface area is 257 Å². The topological polar surface area (TPSA) is 84.2 Å². The minimum atomic E-state index is -0.475. The van der Waals surface area contributed by atoms with Crippen molar-refractivity contribution in [3.05, 3.63) is 87.9 Å². The number of carbonyl (C=O) groups excluding carboxylic acids is 1. The molecule has 1 aliphatic heterocycles. The molecule has 2 fully saturated rings. The van der Waals surface area contributed by atoms with Gasteiger partial charge in [-0.15, -0.1) is 0 Å². The summed E-state index contributed by atoms with van der Waals surface area (Å²) in [6.07, 6.45) is 5.08. The number of rotatable bonds is 6. The molecule has 1 saturated carbocycles. The predicted octanol–water partition coefficient (Wildman–Crippen LogP) is 6.21. The maximum Gasteiger partial charge on any atom is 0.355 e. The molecule has 0 bridgehead atoms. The van der Waals surface area contributed by atoms with E-state index in [9.17, 15) is 9.59 Å². The van der Waals surface area contributed by atoms with Crippen LogP contribution >= 0.6 is 0 Å². The van der Waals surface area contributed by atoms with Crippen molar-refractivity contribution in [2.45, 2.75) is 78.3 Å². The minimum Gasteiger partial charge on any atom is -0.349 e. The van der Waals surface area contributed by atoms with Crippen LogP contribution < -0.4 is 10.6 Å². The Morgan fingerprint density at radius 3 is 2.50 bits per heavy atom. The Bertz CT molecular complexity index is 1860. The minimum absolute atomic E-state index is 0.0299. The van der Waals surface area contributed by atoms with Gasteiger partial charge in [-0.05, 0) is 93.8 Å². The van der Waals surface area contributed by atoms with Crippen LogP contribution in [0, 0.1) is 19.7 Å². The van der Waals surface area contributed by atoms with Crippen LogP contribution in [0.5, 0.6) is 0 Å². The summed E-state index contributed by atoms with van der Waals surface area (Å²) < 4.78 is 17.0. The molecule has 4 aromatic rings. The van der Waals surface area contributed by atoms with Gasteiger partial charge in [-0.2, -0.15) is 4.98 Å². The maximum atomic E-state index is 15.5. The highest BCUT2D eigenvalue weighted by Gasteiger charge is 2.35. The lowest BCUT2D eigenvalue weighted by Crippen LogP contribution is -2.58. The number of pyridine rings is 2. The summed E-state index contributed by atoms with van der Waals surface area (Å²) in [5.74, 6) is 0.345.